The summed E-state index contributed by atoms with van der Waals surface area (Å²) in [5.74, 6) is -4.98. The van der Waals surface area contributed by atoms with Gasteiger partial charge < -0.3 is 14.8 Å². The second-order valence-electron chi connectivity index (χ2n) is 8.21. The van der Waals surface area contributed by atoms with Crippen LogP contribution >= 0.6 is 0 Å². The minimum atomic E-state index is -1.43. The van der Waals surface area contributed by atoms with Gasteiger partial charge in [-0.1, -0.05) is 20.8 Å². The van der Waals surface area contributed by atoms with E-state index < -0.39 is 23.6 Å². The average Bonchev–Trinajstić information content (AvgIpc) is 2.34. The lowest BCUT2D eigenvalue weighted by Crippen LogP contribution is -2.52. The van der Waals surface area contributed by atoms with Crippen LogP contribution in [0.25, 0.3) is 0 Å². The first kappa shape index (κ1) is 17.9. The Morgan fingerprint density at radius 2 is 1.78 bits per heavy atom. The van der Waals surface area contributed by atoms with Gasteiger partial charge in [0.25, 0.3) is 5.79 Å². The molecule has 0 amide bonds. The molecule has 6 heteroatoms. The molecule has 0 saturated carbocycles. The normalized spacial score (nSPS) is 28.9. The predicted octanol–water partition coefficient (Wildman–Crippen LogP) is 1.81. The number of ketones is 1. The van der Waals surface area contributed by atoms with Crippen LogP contribution in [0, 0.1) is 17.3 Å². The molecule has 0 spiro atoms. The van der Waals surface area contributed by atoms with E-state index in [1.807, 2.05) is 0 Å². The molecule has 2 unspecified atom stereocenters. The van der Waals surface area contributed by atoms with E-state index in [1.54, 1.807) is 0 Å². The second-order valence-corrected chi connectivity index (χ2v) is 8.21. The maximum atomic E-state index is 12.7. The van der Waals surface area contributed by atoms with Crippen molar-refractivity contribution < 1.29 is 23.9 Å². The fourth-order valence-electron chi connectivity index (χ4n) is 3.35. The van der Waals surface area contributed by atoms with E-state index in [4.69, 9.17) is 9.47 Å². The Morgan fingerprint density at radius 1 is 1.22 bits per heavy atom. The Labute approximate surface area is 137 Å². The number of nitrogens with one attached hydrogen (secondary N) is 1. The summed E-state index contributed by atoms with van der Waals surface area (Å²) in [7, 11) is 0. The minimum Gasteiger partial charge on any atom is -0.422 e. The molecule has 0 aromatic carbocycles. The first-order valence-electron chi connectivity index (χ1n) is 8.21. The van der Waals surface area contributed by atoms with Crippen molar-refractivity contribution in [1.82, 2.24) is 5.32 Å². The number of ether oxygens (including phenoxy) is 2. The fourth-order valence-corrected chi connectivity index (χ4v) is 3.35. The molecule has 130 valence electrons. The van der Waals surface area contributed by atoms with Crippen molar-refractivity contribution in [2.45, 2.75) is 65.7 Å². The third kappa shape index (κ3) is 4.53. The molecule has 23 heavy (non-hydrogen) atoms. The van der Waals surface area contributed by atoms with Crippen LogP contribution in [0.5, 0.6) is 0 Å². The van der Waals surface area contributed by atoms with Gasteiger partial charge in [-0.25, -0.2) is 0 Å². The number of Topliss-reactive ketones (excluding diaryl/α,β-unsaturated/α-hetero) is 1. The molecular weight excluding hydrogens is 298 g/mol. The van der Waals surface area contributed by atoms with Crippen LogP contribution in [0.1, 0.15) is 53.9 Å². The van der Waals surface area contributed by atoms with E-state index in [0.29, 0.717) is 19.4 Å². The molecule has 2 aliphatic heterocycles. The number of carbonyl (C=O) groups excluding carboxylic acids is 3. The van der Waals surface area contributed by atoms with Crippen LogP contribution in [0.15, 0.2) is 0 Å². The average molecular weight is 325 g/mol. The van der Waals surface area contributed by atoms with E-state index in [1.165, 1.54) is 13.8 Å². The lowest BCUT2D eigenvalue weighted by molar-refractivity contribution is -0.238. The van der Waals surface area contributed by atoms with Gasteiger partial charge in [0.1, 0.15) is 0 Å². The molecule has 0 aromatic heterocycles. The number of esters is 2. The van der Waals surface area contributed by atoms with Gasteiger partial charge in [0.2, 0.25) is 5.92 Å². The van der Waals surface area contributed by atoms with Crippen LogP contribution in [0.3, 0.4) is 0 Å². The molecule has 1 N–H and O–H groups in total. The van der Waals surface area contributed by atoms with Gasteiger partial charge in [0, 0.05) is 25.8 Å². The maximum absolute atomic E-state index is 12.7. The largest absolute Gasteiger partial charge is 0.422 e. The minimum absolute atomic E-state index is 0.148. The lowest BCUT2D eigenvalue weighted by Gasteiger charge is -2.36. The zero-order valence-corrected chi connectivity index (χ0v) is 14.6. The van der Waals surface area contributed by atoms with E-state index in [0.717, 1.165) is 6.42 Å². The van der Waals surface area contributed by atoms with E-state index in [9.17, 15) is 14.4 Å². The molecule has 0 aromatic rings. The van der Waals surface area contributed by atoms with Gasteiger partial charge in [-0.2, -0.15) is 0 Å². The molecule has 0 bridgehead atoms. The first-order chi connectivity index (χ1) is 10.5. The summed E-state index contributed by atoms with van der Waals surface area (Å²) < 4.78 is 10.1. The summed E-state index contributed by atoms with van der Waals surface area (Å²) in [5.41, 5.74) is 0.148. The van der Waals surface area contributed by atoms with E-state index >= 15 is 0 Å². The molecule has 6 nitrogen and oxygen atoms in total. The van der Waals surface area contributed by atoms with Gasteiger partial charge in [0.05, 0.1) is 0 Å². The summed E-state index contributed by atoms with van der Waals surface area (Å²) in [4.78, 5) is 36.8. The van der Waals surface area contributed by atoms with Gasteiger partial charge in [-0.15, -0.1) is 0 Å². The van der Waals surface area contributed by atoms with E-state index in [2.05, 4.69) is 26.1 Å². The molecule has 2 rings (SSSR count). The highest BCUT2D eigenvalue weighted by Crippen LogP contribution is 2.31. The summed E-state index contributed by atoms with van der Waals surface area (Å²) in [6.07, 6.45) is 2.19. The first-order valence-corrected chi connectivity index (χ1v) is 8.21. The number of rotatable bonds is 3. The van der Waals surface area contributed by atoms with Crippen LogP contribution in [-0.4, -0.2) is 36.1 Å². The van der Waals surface area contributed by atoms with Crippen LogP contribution < -0.4 is 5.32 Å². The third-order valence-electron chi connectivity index (χ3n) is 4.20. The molecule has 2 aliphatic rings. The van der Waals surface area contributed by atoms with E-state index in [-0.39, 0.29) is 23.2 Å². The van der Waals surface area contributed by atoms with Gasteiger partial charge >= 0.3 is 11.9 Å². The van der Waals surface area contributed by atoms with Crippen molar-refractivity contribution in [3.8, 4) is 0 Å². The monoisotopic (exact) mass is 325 g/mol. The van der Waals surface area contributed by atoms with Crippen molar-refractivity contribution in [1.29, 1.82) is 0 Å². The zero-order chi connectivity index (χ0) is 17.4. The van der Waals surface area contributed by atoms with Gasteiger partial charge in [0.15, 0.2) is 5.78 Å². The van der Waals surface area contributed by atoms with Crippen molar-refractivity contribution in [2.24, 2.45) is 17.3 Å². The molecule has 2 saturated heterocycles. The summed E-state index contributed by atoms with van der Waals surface area (Å²) in [6.45, 7) is 10.1. The number of cyclic esters (lactones) is 2. The van der Waals surface area contributed by atoms with Crippen molar-refractivity contribution >= 4 is 17.7 Å². The number of hydrogen-bond donors (Lipinski definition) is 1. The molecular formula is C17H27NO5. The van der Waals surface area contributed by atoms with Gasteiger partial charge in [-0.05, 0) is 31.2 Å². The maximum Gasteiger partial charge on any atom is 0.331 e. The number of piperidine rings is 1. The Hall–Kier alpha value is -1.43. The van der Waals surface area contributed by atoms with Crippen molar-refractivity contribution in [2.75, 3.05) is 6.54 Å². The number of carbonyl (C=O) groups is 3. The quantitative estimate of drug-likeness (QED) is 0.629. The Kier molecular flexibility index (Phi) is 4.85. The smallest absolute Gasteiger partial charge is 0.331 e. The SMILES string of the molecule is CC(C)(C)CC1CC(C(=O)C2C(=O)OC(C)(C)OC2=O)CCN1. The van der Waals surface area contributed by atoms with Crippen LogP contribution in [0.2, 0.25) is 0 Å². The topological polar surface area (TPSA) is 81.7 Å². The lowest BCUT2D eigenvalue weighted by atomic mass is 9.78. The Bertz CT molecular complexity index is 486. The summed E-state index contributed by atoms with van der Waals surface area (Å²) >= 11 is 0. The standard InChI is InChI=1S/C17H27NO5/c1-16(2,3)9-11-8-10(6-7-18-11)13(19)12-14(20)22-17(4,5)23-15(12)21/h10-12,18H,6-9H2,1-5H3. The highest BCUT2D eigenvalue weighted by atomic mass is 16.7. The molecule has 2 atom stereocenters. The summed E-state index contributed by atoms with van der Waals surface area (Å²) in [5, 5.41) is 3.41. The Morgan fingerprint density at radius 3 is 2.30 bits per heavy atom. The molecule has 0 aliphatic carbocycles. The summed E-state index contributed by atoms with van der Waals surface area (Å²) in [6, 6.07) is 0.213. The van der Waals surface area contributed by atoms with Crippen molar-refractivity contribution in [3.63, 3.8) is 0 Å². The molecule has 0 radical (unpaired) electrons. The highest BCUT2D eigenvalue weighted by Gasteiger charge is 2.49. The fraction of sp³-hybridized carbons (Fsp3) is 0.824. The third-order valence-corrected chi connectivity index (χ3v) is 4.20. The zero-order valence-electron chi connectivity index (χ0n) is 14.6. The second kappa shape index (κ2) is 6.23. The highest BCUT2D eigenvalue weighted by molar-refractivity contribution is 6.16. The van der Waals surface area contributed by atoms with Crippen LogP contribution in [-0.2, 0) is 23.9 Å². The van der Waals surface area contributed by atoms with Crippen LogP contribution in [0.4, 0.5) is 0 Å². The molecule has 2 fully saturated rings. The number of hydrogen-bond acceptors (Lipinski definition) is 6. The predicted molar refractivity (Wildman–Crippen MR) is 83.3 cm³/mol. The molecule has 2 heterocycles. The Balaban J connectivity index is 2.05. The van der Waals surface area contributed by atoms with Gasteiger partial charge in [-0.3, -0.25) is 14.4 Å². The van der Waals surface area contributed by atoms with Crippen molar-refractivity contribution in [3.05, 3.63) is 0 Å².